The number of ether oxygens (including phenoxy) is 2. The molecule has 1 aliphatic carbocycles. The van der Waals surface area contributed by atoms with Crippen molar-refractivity contribution in [2.75, 3.05) is 13.7 Å². The third kappa shape index (κ3) is 4.05. The minimum absolute atomic E-state index is 0.0442. The molecule has 3 nitrogen and oxygen atoms in total. The first-order valence-corrected chi connectivity index (χ1v) is 7.57. The van der Waals surface area contributed by atoms with Crippen molar-refractivity contribution in [3.8, 4) is 0 Å². The molecule has 112 valence electrons. The van der Waals surface area contributed by atoms with E-state index in [-0.39, 0.29) is 6.04 Å². The number of methoxy groups -OCH3 is 1. The Morgan fingerprint density at radius 2 is 1.95 bits per heavy atom. The second-order valence-corrected chi connectivity index (χ2v) is 5.93. The van der Waals surface area contributed by atoms with E-state index < -0.39 is 0 Å². The van der Waals surface area contributed by atoms with Gasteiger partial charge in [-0.3, -0.25) is 0 Å². The van der Waals surface area contributed by atoms with E-state index in [0.29, 0.717) is 18.8 Å². The minimum atomic E-state index is -0.0442. The van der Waals surface area contributed by atoms with Crippen molar-refractivity contribution in [3.63, 3.8) is 0 Å². The normalized spacial score (nSPS) is 24.6. The summed E-state index contributed by atoms with van der Waals surface area (Å²) in [4.78, 5) is 0. The van der Waals surface area contributed by atoms with Crippen LogP contribution in [0.15, 0.2) is 18.2 Å². The lowest BCUT2D eigenvalue weighted by molar-refractivity contribution is -0.0332. The molecule has 1 fully saturated rings. The molecule has 2 rings (SSSR count). The van der Waals surface area contributed by atoms with Crippen molar-refractivity contribution >= 4 is 0 Å². The smallest absolute Gasteiger partial charge is 0.0663 e. The molecule has 3 heteroatoms. The maximum absolute atomic E-state index is 6.24. The van der Waals surface area contributed by atoms with Gasteiger partial charge >= 0.3 is 0 Å². The lowest BCUT2D eigenvalue weighted by Crippen LogP contribution is -2.30. The zero-order valence-corrected chi connectivity index (χ0v) is 12.9. The largest absolute Gasteiger partial charge is 0.381 e. The second kappa shape index (κ2) is 7.21. The molecule has 1 aromatic rings. The fourth-order valence-corrected chi connectivity index (χ4v) is 2.80. The van der Waals surface area contributed by atoms with Crippen molar-refractivity contribution in [2.45, 2.75) is 57.8 Å². The topological polar surface area (TPSA) is 44.5 Å². The van der Waals surface area contributed by atoms with E-state index in [9.17, 15) is 0 Å². The number of hydrogen-bond donors (Lipinski definition) is 1. The van der Waals surface area contributed by atoms with Crippen LogP contribution in [0.25, 0.3) is 0 Å². The van der Waals surface area contributed by atoms with Gasteiger partial charge in [0.25, 0.3) is 0 Å². The Morgan fingerprint density at radius 1 is 1.20 bits per heavy atom. The Labute approximate surface area is 122 Å². The molecule has 1 aliphatic rings. The lowest BCUT2D eigenvalue weighted by Gasteiger charge is -2.29. The van der Waals surface area contributed by atoms with Gasteiger partial charge in [-0.15, -0.1) is 0 Å². The summed E-state index contributed by atoms with van der Waals surface area (Å²) in [6.45, 7) is 4.83. The summed E-state index contributed by atoms with van der Waals surface area (Å²) in [6, 6.07) is 6.36. The van der Waals surface area contributed by atoms with E-state index >= 15 is 0 Å². The zero-order valence-electron chi connectivity index (χ0n) is 12.9. The zero-order chi connectivity index (χ0) is 14.5. The Hall–Kier alpha value is -0.900. The Kier molecular flexibility index (Phi) is 5.58. The lowest BCUT2D eigenvalue weighted by atomic mass is 9.95. The highest BCUT2D eigenvalue weighted by atomic mass is 16.5. The molecule has 0 heterocycles. The number of rotatable bonds is 5. The molecule has 3 atom stereocenters. The van der Waals surface area contributed by atoms with Crippen LogP contribution < -0.4 is 5.73 Å². The monoisotopic (exact) mass is 277 g/mol. The maximum Gasteiger partial charge on any atom is 0.0663 e. The van der Waals surface area contributed by atoms with Crippen LogP contribution in [0.1, 0.15) is 48.4 Å². The summed E-state index contributed by atoms with van der Waals surface area (Å²) in [5.41, 5.74) is 9.99. The van der Waals surface area contributed by atoms with Gasteiger partial charge in [0.1, 0.15) is 0 Å². The molecule has 0 saturated heterocycles. The maximum atomic E-state index is 6.24. The molecule has 1 saturated carbocycles. The van der Waals surface area contributed by atoms with E-state index in [1.807, 2.05) is 0 Å². The Bertz CT molecular complexity index is 433. The highest BCUT2D eigenvalue weighted by Crippen LogP contribution is 2.24. The fourth-order valence-electron chi connectivity index (χ4n) is 2.80. The summed E-state index contributed by atoms with van der Waals surface area (Å²) < 4.78 is 11.4. The van der Waals surface area contributed by atoms with Crippen molar-refractivity contribution in [2.24, 2.45) is 5.73 Å². The van der Waals surface area contributed by atoms with E-state index in [4.69, 9.17) is 15.2 Å². The van der Waals surface area contributed by atoms with Crippen LogP contribution in [-0.4, -0.2) is 25.9 Å². The van der Waals surface area contributed by atoms with Gasteiger partial charge in [-0.05, 0) is 56.2 Å². The quantitative estimate of drug-likeness (QED) is 0.898. The van der Waals surface area contributed by atoms with Crippen LogP contribution in [0.2, 0.25) is 0 Å². The highest BCUT2D eigenvalue weighted by Gasteiger charge is 2.22. The van der Waals surface area contributed by atoms with Gasteiger partial charge in [-0.1, -0.05) is 18.2 Å². The standard InChI is InChI=1S/C17H27NO2/c1-12-7-8-14(9-13(12)2)17(18)11-20-16-6-4-5-15(10-16)19-3/h7-9,15-17H,4-6,10-11,18H2,1-3H3. The number of hydrogen-bond acceptors (Lipinski definition) is 3. The number of nitrogens with two attached hydrogens (primary N) is 1. The van der Waals surface area contributed by atoms with Crippen LogP contribution in [0.4, 0.5) is 0 Å². The van der Waals surface area contributed by atoms with Crippen LogP contribution in [0.5, 0.6) is 0 Å². The van der Waals surface area contributed by atoms with Gasteiger partial charge in [0.05, 0.1) is 24.9 Å². The average Bonchev–Trinajstić information content (AvgIpc) is 2.47. The van der Waals surface area contributed by atoms with Gasteiger partial charge < -0.3 is 15.2 Å². The molecule has 2 N–H and O–H groups in total. The Morgan fingerprint density at radius 3 is 2.65 bits per heavy atom. The molecular formula is C17H27NO2. The number of benzene rings is 1. The van der Waals surface area contributed by atoms with E-state index in [0.717, 1.165) is 24.8 Å². The molecule has 0 spiro atoms. The first-order chi connectivity index (χ1) is 9.60. The molecular weight excluding hydrogens is 250 g/mol. The SMILES string of the molecule is COC1CCCC(OCC(N)c2ccc(C)c(C)c2)C1. The fraction of sp³-hybridized carbons (Fsp3) is 0.647. The third-order valence-corrected chi connectivity index (χ3v) is 4.38. The Balaban J connectivity index is 1.85. The highest BCUT2D eigenvalue weighted by molar-refractivity contribution is 5.31. The van der Waals surface area contributed by atoms with Gasteiger partial charge in [0.2, 0.25) is 0 Å². The van der Waals surface area contributed by atoms with Crippen LogP contribution >= 0.6 is 0 Å². The summed E-state index contributed by atoms with van der Waals surface area (Å²) in [6.07, 6.45) is 5.11. The average molecular weight is 277 g/mol. The minimum Gasteiger partial charge on any atom is -0.381 e. The van der Waals surface area contributed by atoms with E-state index in [1.165, 1.54) is 17.5 Å². The number of aryl methyl sites for hydroxylation is 2. The molecule has 0 aliphatic heterocycles. The van der Waals surface area contributed by atoms with Crippen LogP contribution in [0.3, 0.4) is 0 Å². The van der Waals surface area contributed by atoms with Gasteiger partial charge in [0, 0.05) is 7.11 Å². The van der Waals surface area contributed by atoms with Crippen LogP contribution in [-0.2, 0) is 9.47 Å². The van der Waals surface area contributed by atoms with Crippen molar-refractivity contribution in [1.82, 2.24) is 0 Å². The van der Waals surface area contributed by atoms with E-state index in [1.54, 1.807) is 7.11 Å². The summed E-state index contributed by atoms with van der Waals surface area (Å²) >= 11 is 0. The predicted molar refractivity (Wildman–Crippen MR) is 81.8 cm³/mol. The molecule has 20 heavy (non-hydrogen) atoms. The predicted octanol–water partition coefficient (Wildman–Crippen LogP) is 3.28. The summed E-state index contributed by atoms with van der Waals surface area (Å²) in [7, 11) is 1.79. The third-order valence-electron chi connectivity index (χ3n) is 4.38. The molecule has 3 unspecified atom stereocenters. The van der Waals surface area contributed by atoms with Crippen molar-refractivity contribution < 1.29 is 9.47 Å². The molecule has 0 amide bonds. The first-order valence-electron chi connectivity index (χ1n) is 7.57. The summed E-state index contributed by atoms with van der Waals surface area (Å²) in [5, 5.41) is 0. The van der Waals surface area contributed by atoms with Crippen molar-refractivity contribution in [1.29, 1.82) is 0 Å². The molecule has 0 radical (unpaired) electrons. The van der Waals surface area contributed by atoms with E-state index in [2.05, 4.69) is 32.0 Å². The van der Waals surface area contributed by atoms with Gasteiger partial charge in [-0.2, -0.15) is 0 Å². The van der Waals surface area contributed by atoms with Gasteiger partial charge in [-0.25, -0.2) is 0 Å². The molecule has 0 aromatic heterocycles. The van der Waals surface area contributed by atoms with Gasteiger partial charge in [0.15, 0.2) is 0 Å². The summed E-state index contributed by atoms with van der Waals surface area (Å²) in [5.74, 6) is 0. The molecule has 1 aromatic carbocycles. The van der Waals surface area contributed by atoms with Crippen LogP contribution in [0, 0.1) is 13.8 Å². The first kappa shape index (κ1) is 15.5. The molecule has 0 bridgehead atoms. The second-order valence-electron chi connectivity index (χ2n) is 5.93. The van der Waals surface area contributed by atoms with Crippen molar-refractivity contribution in [3.05, 3.63) is 34.9 Å².